The molecule has 0 aliphatic carbocycles. The van der Waals surface area contributed by atoms with Crippen LogP contribution in [0, 0.1) is 17.8 Å². The van der Waals surface area contributed by atoms with E-state index in [9.17, 15) is 34.8 Å². The van der Waals surface area contributed by atoms with Crippen LogP contribution in [0.25, 0.3) is 0 Å². The molecule has 2 aliphatic rings. The van der Waals surface area contributed by atoms with Crippen LogP contribution < -0.4 is 10.6 Å². The molecule has 1 aromatic heterocycles. The van der Waals surface area contributed by atoms with E-state index >= 15 is 0 Å². The highest BCUT2D eigenvalue weighted by Crippen LogP contribution is 2.36. The fourth-order valence-electron chi connectivity index (χ4n) is 7.61. The van der Waals surface area contributed by atoms with Crippen LogP contribution in [-0.2, 0) is 39.8 Å². The molecule has 1 amide bonds. The zero-order chi connectivity index (χ0) is 40.5. The second-order valence-electron chi connectivity index (χ2n) is 16.0. The molecule has 0 radical (unpaired) electrons. The van der Waals surface area contributed by atoms with Crippen LogP contribution in [0.4, 0.5) is 0 Å². The number of carbonyl (C=O) groups is 3. The van der Waals surface area contributed by atoms with Gasteiger partial charge < -0.3 is 54.9 Å². The number of ketones is 1. The fourth-order valence-corrected chi connectivity index (χ4v) is 7.61. The molecule has 3 rings (SSSR count). The topological polar surface area (TPSA) is 209 Å². The number of ether oxygens (including phenoxy) is 4. The molecule has 2 aliphatic heterocycles. The van der Waals surface area contributed by atoms with Gasteiger partial charge in [0.25, 0.3) is 0 Å². The molecule has 0 saturated carbocycles. The average Bonchev–Trinajstić information content (AvgIpc) is 3.12. The Morgan fingerprint density at radius 2 is 1.78 bits per heavy atom. The smallest absolute Gasteiger partial charge is 0.316 e. The zero-order valence-corrected chi connectivity index (χ0v) is 33.7. The summed E-state index contributed by atoms with van der Waals surface area (Å²) in [6.45, 7) is 13.2. The molecular weight excluding hydrogens is 700 g/mol. The van der Waals surface area contributed by atoms with Crippen LogP contribution in [-0.4, -0.2) is 148 Å². The van der Waals surface area contributed by atoms with Gasteiger partial charge in [0.2, 0.25) is 5.91 Å². The molecule has 15 nitrogen and oxygen atoms in total. The summed E-state index contributed by atoms with van der Waals surface area (Å²) in [6, 6.07) is 4.67. The summed E-state index contributed by atoms with van der Waals surface area (Å²) < 4.78 is 25.0. The van der Waals surface area contributed by atoms with Crippen molar-refractivity contribution in [3.63, 3.8) is 0 Å². The van der Waals surface area contributed by atoms with Crippen molar-refractivity contribution in [2.75, 3.05) is 33.8 Å². The molecule has 1 aromatic rings. The second-order valence-corrected chi connectivity index (χ2v) is 16.0. The van der Waals surface area contributed by atoms with Crippen LogP contribution in [0.2, 0.25) is 0 Å². The number of rotatable bonds is 12. The molecule has 0 unspecified atom stereocenters. The van der Waals surface area contributed by atoms with Gasteiger partial charge in [-0.05, 0) is 80.1 Å². The Hall–Kier alpha value is -2.60. The molecule has 6 N–H and O–H groups in total. The lowest BCUT2D eigenvalue weighted by atomic mass is 9.79. The van der Waals surface area contributed by atoms with Gasteiger partial charge >= 0.3 is 5.97 Å². The Kier molecular flexibility index (Phi) is 17.0. The number of esters is 1. The first-order chi connectivity index (χ1) is 25.2. The third-order valence-electron chi connectivity index (χ3n) is 11.0. The number of Topliss-reactive ketones (excluding diaryl/α,β-unsaturated/α-hetero) is 1. The first kappa shape index (κ1) is 45.8. The maximum absolute atomic E-state index is 14.3. The van der Waals surface area contributed by atoms with Gasteiger partial charge in [0, 0.05) is 49.4 Å². The first-order valence-electron chi connectivity index (χ1n) is 19.3. The lowest BCUT2D eigenvalue weighted by Gasteiger charge is -2.47. The Morgan fingerprint density at radius 3 is 2.39 bits per heavy atom. The van der Waals surface area contributed by atoms with E-state index in [2.05, 4.69) is 15.6 Å². The number of carbonyl (C=O) groups excluding carboxylic acids is 3. The van der Waals surface area contributed by atoms with Crippen molar-refractivity contribution >= 4 is 17.7 Å². The first-order valence-corrected chi connectivity index (χ1v) is 19.3. The number of nitrogens with zero attached hydrogens (tertiary/aromatic N) is 2. The average molecular weight is 767 g/mol. The molecule has 308 valence electrons. The van der Waals surface area contributed by atoms with E-state index in [1.54, 1.807) is 33.9 Å². The maximum Gasteiger partial charge on any atom is 0.316 e. The highest BCUT2D eigenvalue weighted by Gasteiger charge is 2.51. The summed E-state index contributed by atoms with van der Waals surface area (Å²) in [4.78, 5) is 47.6. The lowest BCUT2D eigenvalue weighted by molar-refractivity contribution is -0.298. The van der Waals surface area contributed by atoms with Crippen LogP contribution in [0.3, 0.4) is 0 Å². The highest BCUT2D eigenvalue weighted by molar-refractivity contribution is 6.00. The van der Waals surface area contributed by atoms with Crippen LogP contribution >= 0.6 is 0 Å². The molecule has 15 heteroatoms. The predicted molar refractivity (Wildman–Crippen MR) is 200 cm³/mol. The minimum absolute atomic E-state index is 0.0337. The molecule has 0 aromatic carbocycles. The monoisotopic (exact) mass is 766 g/mol. The number of aliphatic hydroxyl groups excluding tert-OH is 3. The number of cyclic esters (lactones) is 1. The Labute approximate surface area is 320 Å². The van der Waals surface area contributed by atoms with Gasteiger partial charge in [-0.3, -0.25) is 19.4 Å². The number of likely N-dealkylation sites (N-methyl/N-ethyl adjacent to an activating group) is 1. The summed E-state index contributed by atoms with van der Waals surface area (Å²) >= 11 is 0. The van der Waals surface area contributed by atoms with Crippen LogP contribution in [0.5, 0.6) is 0 Å². The maximum atomic E-state index is 14.3. The minimum Gasteiger partial charge on any atom is -0.459 e. The van der Waals surface area contributed by atoms with Crippen molar-refractivity contribution in [3.8, 4) is 0 Å². The number of hydrogen-bond acceptors (Lipinski definition) is 14. The van der Waals surface area contributed by atoms with E-state index < -0.39 is 89.5 Å². The standard InChI is InChI=1S/C39H66N4O11/c1-11-30-39(8,50)33(47)26(6)35(48)42-22(2)19-38(7,51-21-28(44)20-40-17-15-27-14-12-13-16-41-27)34(24(4)31(45)25(5)36(49)53-30)54-37-32(46)29(43(9)10)18-23(3)52-37/h12-14,16,22-26,28-30,32-34,37,40,44,46-47,50H,11,15,17-21H2,1-10H3,(H,42,48)/t22-,23-,24+,25-,26-,28+,29+,30-,32-,33-,34-,37+,38-,39-/m1/s1. The van der Waals surface area contributed by atoms with E-state index in [1.165, 1.54) is 20.8 Å². The van der Waals surface area contributed by atoms with Gasteiger partial charge in [-0.25, -0.2) is 0 Å². The van der Waals surface area contributed by atoms with Crippen molar-refractivity contribution in [1.29, 1.82) is 0 Å². The quantitative estimate of drug-likeness (QED) is 0.0997. The molecule has 54 heavy (non-hydrogen) atoms. The number of hydrogen-bond donors (Lipinski definition) is 6. The molecule has 2 fully saturated rings. The summed E-state index contributed by atoms with van der Waals surface area (Å²) in [7, 11) is 3.68. The molecule has 3 heterocycles. The van der Waals surface area contributed by atoms with Crippen molar-refractivity contribution in [2.24, 2.45) is 17.8 Å². The van der Waals surface area contributed by atoms with E-state index in [0.29, 0.717) is 19.4 Å². The molecule has 0 spiro atoms. The Bertz CT molecular complexity index is 1350. The number of aromatic nitrogens is 1. The van der Waals surface area contributed by atoms with E-state index in [-0.39, 0.29) is 38.1 Å². The predicted octanol–water partition coefficient (Wildman–Crippen LogP) is 0.981. The summed E-state index contributed by atoms with van der Waals surface area (Å²) in [5.41, 5.74) is -2.57. The number of aliphatic hydroxyl groups is 4. The van der Waals surface area contributed by atoms with Gasteiger partial charge in [-0.1, -0.05) is 26.8 Å². The van der Waals surface area contributed by atoms with Gasteiger partial charge in [0.1, 0.15) is 23.7 Å². The van der Waals surface area contributed by atoms with Gasteiger partial charge in [0.15, 0.2) is 12.1 Å². The van der Waals surface area contributed by atoms with Crippen LogP contribution in [0.15, 0.2) is 24.4 Å². The summed E-state index contributed by atoms with van der Waals surface area (Å²) in [6.07, 6.45) is -4.67. The van der Waals surface area contributed by atoms with Crippen LogP contribution in [0.1, 0.15) is 80.3 Å². The van der Waals surface area contributed by atoms with Gasteiger partial charge in [-0.2, -0.15) is 0 Å². The van der Waals surface area contributed by atoms with Crippen molar-refractivity contribution < 1.29 is 53.8 Å². The van der Waals surface area contributed by atoms with Crippen molar-refractivity contribution in [2.45, 2.75) is 147 Å². The summed E-state index contributed by atoms with van der Waals surface area (Å²) in [5, 5.41) is 51.3. The third kappa shape index (κ3) is 11.7. The van der Waals surface area contributed by atoms with Gasteiger partial charge in [0.05, 0.1) is 42.5 Å². The van der Waals surface area contributed by atoms with E-state index in [4.69, 9.17) is 18.9 Å². The molecule has 14 atom stereocenters. The Morgan fingerprint density at radius 1 is 1.09 bits per heavy atom. The SMILES string of the molecule is CC[C@H]1OC(=O)[C@H](C)C(=O)[C@H](C)[C@@H](O[C@@H]2O[C@H](C)C[C@H](N(C)C)[C@H]2O)[C@](C)(OC[C@@H](O)CNCCc2ccccn2)C[C@@H](C)NC(=O)[C@H](C)[C@@H](O)[C@]1(C)O. The zero-order valence-electron chi connectivity index (χ0n) is 33.7. The third-order valence-corrected chi connectivity index (χ3v) is 11.0. The normalized spacial score (nSPS) is 38.3. The van der Waals surface area contributed by atoms with E-state index in [0.717, 1.165) is 5.69 Å². The molecular formula is C39H66N4O11. The number of pyridine rings is 1. The number of nitrogens with one attached hydrogen (secondary N) is 2. The van der Waals surface area contributed by atoms with Gasteiger partial charge in [-0.15, -0.1) is 0 Å². The fraction of sp³-hybridized carbons (Fsp3) is 0.795. The molecule has 2 saturated heterocycles. The summed E-state index contributed by atoms with van der Waals surface area (Å²) in [5.74, 6) is -5.60. The second kappa shape index (κ2) is 20.0. The van der Waals surface area contributed by atoms with E-state index in [1.807, 2.05) is 44.1 Å². The lowest BCUT2D eigenvalue weighted by Crippen LogP contribution is -2.60. The highest BCUT2D eigenvalue weighted by atomic mass is 16.7. The van der Waals surface area contributed by atoms with Crippen molar-refractivity contribution in [3.05, 3.63) is 30.1 Å². The molecule has 0 bridgehead atoms. The minimum atomic E-state index is -2.03. The largest absolute Gasteiger partial charge is 0.459 e. The number of amides is 1. The Balaban J connectivity index is 2.02. The van der Waals surface area contributed by atoms with Crippen molar-refractivity contribution in [1.82, 2.24) is 20.5 Å².